The number of hydrogen-bond donors (Lipinski definition) is 1. The van der Waals surface area contributed by atoms with Crippen molar-refractivity contribution < 1.29 is 4.79 Å². The van der Waals surface area contributed by atoms with Crippen LogP contribution < -0.4 is 5.32 Å². The van der Waals surface area contributed by atoms with E-state index in [0.29, 0.717) is 23.4 Å². The molecule has 3 heteroatoms. The van der Waals surface area contributed by atoms with Gasteiger partial charge in [-0.15, -0.1) is 0 Å². The molecule has 2 unspecified atom stereocenters. The van der Waals surface area contributed by atoms with Gasteiger partial charge in [0.2, 0.25) is 5.91 Å². The lowest BCUT2D eigenvalue weighted by molar-refractivity contribution is -0.131. The van der Waals surface area contributed by atoms with E-state index >= 15 is 0 Å². The average Bonchev–Trinajstić information content (AvgIpc) is 2.68. The number of rotatable bonds is 0. The van der Waals surface area contributed by atoms with Crippen LogP contribution in [0.1, 0.15) is 52.9 Å². The molecule has 1 spiro atoms. The summed E-state index contributed by atoms with van der Waals surface area (Å²) in [5, 5.41) is 3.68. The quantitative estimate of drug-likeness (QED) is 0.697. The van der Waals surface area contributed by atoms with Crippen LogP contribution >= 0.6 is 0 Å². The zero-order valence-corrected chi connectivity index (χ0v) is 11.3. The topological polar surface area (TPSA) is 32.3 Å². The third-order valence-electron chi connectivity index (χ3n) is 4.82. The molecular formula is C14H24N2O. The van der Waals surface area contributed by atoms with E-state index < -0.39 is 0 Å². The Morgan fingerprint density at radius 2 is 1.82 bits per heavy atom. The first-order chi connectivity index (χ1) is 7.88. The second-order valence-electron chi connectivity index (χ2n) is 7.37. The number of hydrogen-bond acceptors (Lipinski definition) is 2. The molecule has 0 aliphatic carbocycles. The highest BCUT2D eigenvalue weighted by Gasteiger charge is 2.51. The molecule has 96 valence electrons. The number of amides is 1. The molecule has 0 aromatic carbocycles. The Hall–Kier alpha value is -0.570. The fourth-order valence-corrected chi connectivity index (χ4v) is 4.13. The molecule has 1 amide bonds. The number of fused-ring (bicyclic) bond motifs is 2. The lowest BCUT2D eigenvalue weighted by Gasteiger charge is -2.40. The molecule has 3 rings (SSSR count). The summed E-state index contributed by atoms with van der Waals surface area (Å²) in [6, 6.07) is 1.36. The number of carbonyl (C=O) groups is 1. The smallest absolute Gasteiger partial charge is 0.223 e. The van der Waals surface area contributed by atoms with Gasteiger partial charge in [-0.3, -0.25) is 4.79 Å². The van der Waals surface area contributed by atoms with Gasteiger partial charge in [0.15, 0.2) is 0 Å². The van der Waals surface area contributed by atoms with E-state index in [1.54, 1.807) is 0 Å². The molecule has 3 nitrogen and oxygen atoms in total. The molecule has 3 aliphatic heterocycles. The number of likely N-dealkylation sites (tertiary alicyclic amines) is 1. The van der Waals surface area contributed by atoms with Crippen molar-refractivity contribution in [2.45, 2.75) is 70.5 Å². The molecule has 2 atom stereocenters. The Morgan fingerprint density at radius 1 is 1.24 bits per heavy atom. The summed E-state index contributed by atoms with van der Waals surface area (Å²) < 4.78 is 0. The maximum Gasteiger partial charge on any atom is 0.223 e. The highest BCUT2D eigenvalue weighted by molar-refractivity contribution is 5.80. The van der Waals surface area contributed by atoms with Crippen LogP contribution in [0, 0.1) is 5.41 Å². The number of nitrogens with one attached hydrogen (secondary N) is 1. The van der Waals surface area contributed by atoms with Gasteiger partial charge in [-0.1, -0.05) is 0 Å². The standard InChI is InChI=1S/C14H24N2O/c1-13(2,3)16-9-14(8-12(16)17)6-10-4-5-11(7-14)15-10/h10-11,15H,4-9H2,1-3H3. The van der Waals surface area contributed by atoms with Crippen LogP contribution in [0.4, 0.5) is 0 Å². The highest BCUT2D eigenvalue weighted by Crippen LogP contribution is 2.48. The lowest BCUT2D eigenvalue weighted by Crippen LogP contribution is -2.48. The van der Waals surface area contributed by atoms with E-state index in [1.807, 2.05) is 0 Å². The van der Waals surface area contributed by atoms with Gasteiger partial charge < -0.3 is 10.2 Å². The molecule has 3 saturated heterocycles. The zero-order chi connectivity index (χ0) is 12.3. The van der Waals surface area contributed by atoms with Gasteiger partial charge in [0.1, 0.15) is 0 Å². The van der Waals surface area contributed by atoms with Crippen LogP contribution in [-0.2, 0) is 4.79 Å². The number of nitrogens with zero attached hydrogens (tertiary/aromatic N) is 1. The van der Waals surface area contributed by atoms with Crippen LogP contribution in [0.15, 0.2) is 0 Å². The van der Waals surface area contributed by atoms with Crippen molar-refractivity contribution >= 4 is 5.91 Å². The van der Waals surface area contributed by atoms with Crippen molar-refractivity contribution in [3.8, 4) is 0 Å². The second kappa shape index (κ2) is 3.47. The second-order valence-corrected chi connectivity index (χ2v) is 7.37. The predicted molar refractivity (Wildman–Crippen MR) is 67.7 cm³/mol. The average molecular weight is 236 g/mol. The summed E-state index contributed by atoms with van der Waals surface area (Å²) in [6.07, 6.45) is 5.84. The van der Waals surface area contributed by atoms with Crippen LogP contribution in [0.5, 0.6) is 0 Å². The molecule has 3 fully saturated rings. The molecule has 3 aliphatic rings. The Balaban J connectivity index is 1.80. The minimum absolute atomic E-state index is 0.00942. The molecule has 0 aromatic heterocycles. The van der Waals surface area contributed by atoms with Crippen molar-refractivity contribution in [3.05, 3.63) is 0 Å². The number of carbonyl (C=O) groups excluding carboxylic acids is 1. The first kappa shape index (κ1) is 11.5. The fraction of sp³-hybridized carbons (Fsp3) is 0.929. The molecule has 0 saturated carbocycles. The Bertz CT molecular complexity index is 333. The van der Waals surface area contributed by atoms with Gasteiger partial charge >= 0.3 is 0 Å². The van der Waals surface area contributed by atoms with Gasteiger partial charge in [0.05, 0.1) is 0 Å². The maximum atomic E-state index is 12.2. The fourth-order valence-electron chi connectivity index (χ4n) is 4.13. The van der Waals surface area contributed by atoms with Crippen molar-refractivity contribution in [1.82, 2.24) is 10.2 Å². The first-order valence-corrected chi connectivity index (χ1v) is 6.95. The summed E-state index contributed by atoms with van der Waals surface area (Å²) in [5.74, 6) is 0.374. The van der Waals surface area contributed by atoms with Gasteiger partial charge in [0.25, 0.3) is 0 Å². The van der Waals surface area contributed by atoms with Gasteiger partial charge in [-0.05, 0) is 51.9 Å². The lowest BCUT2D eigenvalue weighted by atomic mass is 9.75. The molecule has 0 aromatic rings. The SMILES string of the molecule is CC(C)(C)N1CC2(CC1=O)CC1CCC(C2)N1. The van der Waals surface area contributed by atoms with E-state index in [2.05, 4.69) is 31.0 Å². The third kappa shape index (κ3) is 1.88. The molecular weight excluding hydrogens is 212 g/mol. The molecule has 2 bridgehead atoms. The third-order valence-corrected chi connectivity index (χ3v) is 4.82. The Kier molecular flexibility index (Phi) is 2.35. The number of piperidine rings is 1. The van der Waals surface area contributed by atoms with Crippen LogP contribution in [0.2, 0.25) is 0 Å². The summed E-state index contributed by atoms with van der Waals surface area (Å²) in [5.41, 5.74) is 0.284. The van der Waals surface area contributed by atoms with E-state index in [-0.39, 0.29) is 5.54 Å². The van der Waals surface area contributed by atoms with E-state index in [0.717, 1.165) is 13.0 Å². The molecule has 3 heterocycles. The van der Waals surface area contributed by atoms with E-state index in [1.165, 1.54) is 25.7 Å². The minimum Gasteiger partial charge on any atom is -0.337 e. The summed E-state index contributed by atoms with van der Waals surface area (Å²) in [7, 11) is 0. The molecule has 1 N–H and O–H groups in total. The zero-order valence-electron chi connectivity index (χ0n) is 11.3. The van der Waals surface area contributed by atoms with E-state index in [9.17, 15) is 4.79 Å². The van der Waals surface area contributed by atoms with Crippen molar-refractivity contribution in [3.63, 3.8) is 0 Å². The van der Waals surface area contributed by atoms with E-state index in [4.69, 9.17) is 0 Å². The maximum absolute atomic E-state index is 12.2. The molecule has 0 radical (unpaired) electrons. The predicted octanol–water partition coefficient (Wildman–Crippen LogP) is 1.92. The summed E-state index contributed by atoms with van der Waals surface area (Å²) in [6.45, 7) is 7.45. The van der Waals surface area contributed by atoms with Crippen LogP contribution in [0.25, 0.3) is 0 Å². The summed E-state index contributed by atoms with van der Waals surface area (Å²) in [4.78, 5) is 14.3. The van der Waals surface area contributed by atoms with Gasteiger partial charge in [-0.25, -0.2) is 0 Å². The van der Waals surface area contributed by atoms with Crippen molar-refractivity contribution in [1.29, 1.82) is 0 Å². The van der Waals surface area contributed by atoms with Gasteiger partial charge in [-0.2, -0.15) is 0 Å². The molecule has 17 heavy (non-hydrogen) atoms. The highest BCUT2D eigenvalue weighted by atomic mass is 16.2. The van der Waals surface area contributed by atoms with Crippen LogP contribution in [-0.4, -0.2) is 35.0 Å². The largest absolute Gasteiger partial charge is 0.337 e. The normalized spacial score (nSPS) is 41.6. The monoisotopic (exact) mass is 236 g/mol. The van der Waals surface area contributed by atoms with Crippen molar-refractivity contribution in [2.24, 2.45) is 5.41 Å². The first-order valence-electron chi connectivity index (χ1n) is 6.95. The van der Waals surface area contributed by atoms with Crippen molar-refractivity contribution in [2.75, 3.05) is 6.54 Å². The minimum atomic E-state index is -0.00942. The van der Waals surface area contributed by atoms with Crippen LogP contribution in [0.3, 0.4) is 0 Å². The summed E-state index contributed by atoms with van der Waals surface area (Å²) >= 11 is 0. The Morgan fingerprint density at radius 3 is 2.29 bits per heavy atom. The van der Waals surface area contributed by atoms with Gasteiger partial charge in [0, 0.05) is 30.6 Å². The Labute approximate surface area is 104 Å².